The number of hydrogen-bond acceptors (Lipinski definition) is 6. The van der Waals surface area contributed by atoms with Crippen LogP contribution in [0.1, 0.15) is 5.69 Å². The molecule has 0 unspecified atom stereocenters. The Morgan fingerprint density at radius 3 is 2.55 bits per heavy atom. The largest absolute Gasteiger partial charge is 0.334 e. The smallest absolute Gasteiger partial charge is 0.259 e. The van der Waals surface area contributed by atoms with Crippen molar-refractivity contribution >= 4 is 5.65 Å². The van der Waals surface area contributed by atoms with Gasteiger partial charge >= 0.3 is 0 Å². The third-order valence-corrected chi connectivity index (χ3v) is 4.72. The predicted molar refractivity (Wildman–Crippen MR) is 110 cm³/mol. The molecular formula is C22H14FN5O3. The molecule has 0 fully saturated rings. The zero-order valence-electron chi connectivity index (χ0n) is 16.0. The number of hydrogen-bond donors (Lipinski definition) is 0. The number of pyridine rings is 2. The van der Waals surface area contributed by atoms with E-state index in [0.717, 1.165) is 0 Å². The van der Waals surface area contributed by atoms with Crippen LogP contribution < -0.4 is 11.1 Å². The van der Waals surface area contributed by atoms with E-state index < -0.39 is 0 Å². The first-order valence-electron chi connectivity index (χ1n) is 9.35. The Morgan fingerprint density at radius 1 is 0.903 bits per heavy atom. The normalized spacial score (nSPS) is 11.1. The molecule has 0 amide bonds. The molecule has 0 bridgehead atoms. The van der Waals surface area contributed by atoms with E-state index in [-0.39, 0.29) is 29.4 Å². The average molecular weight is 415 g/mol. The second-order valence-electron chi connectivity index (χ2n) is 6.83. The molecule has 0 aliphatic heterocycles. The van der Waals surface area contributed by atoms with Crippen molar-refractivity contribution in [3.63, 3.8) is 0 Å². The molecule has 4 aromatic heterocycles. The molecular weight excluding hydrogens is 401 g/mol. The topological polar surface area (TPSA) is 95.3 Å². The monoisotopic (exact) mass is 415 g/mol. The van der Waals surface area contributed by atoms with Gasteiger partial charge in [0.15, 0.2) is 0 Å². The molecule has 0 saturated carbocycles. The summed E-state index contributed by atoms with van der Waals surface area (Å²) in [4.78, 5) is 33.4. The third kappa shape index (κ3) is 3.64. The third-order valence-electron chi connectivity index (χ3n) is 4.72. The Kier molecular flexibility index (Phi) is 4.47. The first kappa shape index (κ1) is 18.6. The molecule has 0 aliphatic carbocycles. The Bertz CT molecular complexity index is 1520. The van der Waals surface area contributed by atoms with E-state index in [1.807, 2.05) is 0 Å². The van der Waals surface area contributed by atoms with Crippen LogP contribution in [-0.2, 0) is 6.54 Å². The summed E-state index contributed by atoms with van der Waals surface area (Å²) in [5.74, 6) is 0.151. The van der Waals surface area contributed by atoms with Gasteiger partial charge in [-0.2, -0.15) is 4.98 Å². The molecule has 5 aromatic rings. The Balaban J connectivity index is 1.48. The number of nitrogens with zero attached hydrogens (tertiary/aromatic N) is 5. The van der Waals surface area contributed by atoms with Crippen LogP contribution in [0, 0.1) is 5.82 Å². The van der Waals surface area contributed by atoms with Crippen molar-refractivity contribution < 1.29 is 8.91 Å². The average Bonchev–Trinajstić information content (AvgIpc) is 3.26. The van der Waals surface area contributed by atoms with E-state index in [1.54, 1.807) is 48.8 Å². The molecule has 0 radical (unpaired) electrons. The highest BCUT2D eigenvalue weighted by molar-refractivity contribution is 5.59. The van der Waals surface area contributed by atoms with Gasteiger partial charge in [0, 0.05) is 30.1 Å². The van der Waals surface area contributed by atoms with Gasteiger partial charge in [-0.3, -0.25) is 14.0 Å². The highest BCUT2D eigenvalue weighted by atomic mass is 19.1. The lowest BCUT2D eigenvalue weighted by Crippen LogP contribution is -2.22. The zero-order valence-corrected chi connectivity index (χ0v) is 16.0. The standard InChI is InChI=1S/C22H14FN5O3/c23-16-7-4-14(5-8-16)21-25-22(31-26-21)15-6-9-19(29)27(12-15)13-17-11-20(30)28-10-2-1-3-18(28)24-17/h1-12H,13H2. The first-order chi connectivity index (χ1) is 15.1. The van der Waals surface area contributed by atoms with Gasteiger partial charge in [-0.15, -0.1) is 0 Å². The zero-order chi connectivity index (χ0) is 21.4. The van der Waals surface area contributed by atoms with Gasteiger partial charge in [0.25, 0.3) is 17.0 Å². The molecule has 0 spiro atoms. The van der Waals surface area contributed by atoms with Crippen LogP contribution in [0.2, 0.25) is 0 Å². The highest BCUT2D eigenvalue weighted by Crippen LogP contribution is 2.21. The van der Waals surface area contributed by atoms with E-state index in [1.165, 1.54) is 33.2 Å². The molecule has 31 heavy (non-hydrogen) atoms. The van der Waals surface area contributed by atoms with Crippen LogP contribution in [0.4, 0.5) is 4.39 Å². The second-order valence-corrected chi connectivity index (χ2v) is 6.83. The van der Waals surface area contributed by atoms with E-state index in [0.29, 0.717) is 28.3 Å². The number of fused-ring (bicyclic) bond motifs is 1. The molecule has 4 heterocycles. The minimum absolute atomic E-state index is 0.103. The summed E-state index contributed by atoms with van der Waals surface area (Å²) in [5, 5.41) is 3.92. The van der Waals surface area contributed by atoms with E-state index in [4.69, 9.17) is 4.52 Å². The van der Waals surface area contributed by atoms with Crippen LogP contribution in [0.5, 0.6) is 0 Å². The summed E-state index contributed by atoms with van der Waals surface area (Å²) in [6.07, 6.45) is 3.20. The second kappa shape index (κ2) is 7.45. The summed E-state index contributed by atoms with van der Waals surface area (Å²) in [6.45, 7) is 0.103. The summed E-state index contributed by atoms with van der Waals surface area (Å²) in [6, 6.07) is 15.3. The molecule has 0 saturated heterocycles. The lowest BCUT2D eigenvalue weighted by atomic mass is 10.2. The summed E-state index contributed by atoms with van der Waals surface area (Å²) in [7, 11) is 0. The lowest BCUT2D eigenvalue weighted by Gasteiger charge is -2.07. The van der Waals surface area contributed by atoms with Crippen molar-refractivity contribution in [3.8, 4) is 22.8 Å². The van der Waals surface area contributed by atoms with Crippen LogP contribution in [0.25, 0.3) is 28.5 Å². The molecule has 1 aromatic carbocycles. The van der Waals surface area contributed by atoms with Crippen LogP contribution >= 0.6 is 0 Å². The molecule has 9 heteroatoms. The minimum Gasteiger partial charge on any atom is -0.334 e. The van der Waals surface area contributed by atoms with E-state index in [2.05, 4.69) is 15.1 Å². The quantitative estimate of drug-likeness (QED) is 0.448. The maximum atomic E-state index is 13.1. The molecule has 0 aliphatic rings. The van der Waals surface area contributed by atoms with Crippen molar-refractivity contribution in [3.05, 3.63) is 105 Å². The van der Waals surface area contributed by atoms with E-state index in [9.17, 15) is 14.0 Å². The van der Waals surface area contributed by atoms with Gasteiger partial charge in [0.1, 0.15) is 11.5 Å². The van der Waals surface area contributed by atoms with Gasteiger partial charge in [0.05, 0.1) is 17.8 Å². The fraction of sp³-hybridized carbons (Fsp3) is 0.0455. The Morgan fingerprint density at radius 2 is 1.71 bits per heavy atom. The summed E-state index contributed by atoms with van der Waals surface area (Å²) < 4.78 is 21.3. The van der Waals surface area contributed by atoms with Gasteiger partial charge in [0.2, 0.25) is 5.82 Å². The van der Waals surface area contributed by atoms with Gasteiger partial charge in [-0.1, -0.05) is 11.2 Å². The van der Waals surface area contributed by atoms with Gasteiger partial charge in [-0.25, -0.2) is 9.37 Å². The van der Waals surface area contributed by atoms with Crippen LogP contribution in [0.3, 0.4) is 0 Å². The number of aromatic nitrogens is 5. The van der Waals surface area contributed by atoms with Crippen molar-refractivity contribution in [2.75, 3.05) is 0 Å². The van der Waals surface area contributed by atoms with Crippen LogP contribution in [-0.4, -0.2) is 24.1 Å². The number of benzene rings is 1. The molecule has 0 atom stereocenters. The number of halogens is 1. The van der Waals surface area contributed by atoms with Crippen molar-refractivity contribution in [1.29, 1.82) is 0 Å². The maximum absolute atomic E-state index is 13.1. The lowest BCUT2D eigenvalue weighted by molar-refractivity contribution is 0.432. The Hall–Kier alpha value is -4.40. The molecule has 8 nitrogen and oxygen atoms in total. The summed E-state index contributed by atoms with van der Waals surface area (Å²) >= 11 is 0. The fourth-order valence-corrected chi connectivity index (χ4v) is 3.20. The van der Waals surface area contributed by atoms with Gasteiger partial charge in [-0.05, 0) is 42.5 Å². The maximum Gasteiger partial charge on any atom is 0.259 e. The number of rotatable bonds is 4. The Labute approximate surface area is 173 Å². The minimum atomic E-state index is -0.360. The van der Waals surface area contributed by atoms with Crippen molar-refractivity contribution in [2.45, 2.75) is 6.54 Å². The van der Waals surface area contributed by atoms with E-state index >= 15 is 0 Å². The van der Waals surface area contributed by atoms with Gasteiger partial charge < -0.3 is 9.09 Å². The molecule has 152 valence electrons. The molecule has 0 N–H and O–H groups in total. The predicted octanol–water partition coefficient (Wildman–Crippen LogP) is 2.76. The van der Waals surface area contributed by atoms with Crippen molar-refractivity contribution in [2.24, 2.45) is 0 Å². The summed E-state index contributed by atoms with van der Waals surface area (Å²) in [5.41, 5.74) is 1.58. The van der Waals surface area contributed by atoms with Crippen molar-refractivity contribution in [1.82, 2.24) is 24.1 Å². The first-order valence-corrected chi connectivity index (χ1v) is 9.35. The SMILES string of the molecule is O=c1ccc(-c2nc(-c3ccc(F)cc3)no2)cn1Cc1cc(=O)n2ccccc2n1. The molecule has 5 rings (SSSR count). The highest BCUT2D eigenvalue weighted by Gasteiger charge is 2.13. The fourth-order valence-electron chi connectivity index (χ4n) is 3.20. The van der Waals surface area contributed by atoms with Crippen LogP contribution in [0.15, 0.2) is 87.2 Å².